The number of thiophene rings is 1. The number of aromatic amines is 1. The van der Waals surface area contributed by atoms with E-state index >= 15 is 0 Å². The fourth-order valence-electron chi connectivity index (χ4n) is 2.14. The summed E-state index contributed by atoms with van der Waals surface area (Å²) in [5.41, 5.74) is 0.847. The van der Waals surface area contributed by atoms with Crippen molar-refractivity contribution in [3.8, 4) is 0 Å². The van der Waals surface area contributed by atoms with Crippen LogP contribution in [0.1, 0.15) is 22.4 Å². The van der Waals surface area contributed by atoms with Crippen LogP contribution in [0.25, 0.3) is 0 Å². The van der Waals surface area contributed by atoms with E-state index in [9.17, 15) is 8.42 Å². The van der Waals surface area contributed by atoms with Crippen LogP contribution in [-0.4, -0.2) is 26.5 Å². The molecule has 2 rings (SSSR count). The van der Waals surface area contributed by atoms with Gasteiger partial charge in [-0.2, -0.15) is 0 Å². The summed E-state index contributed by atoms with van der Waals surface area (Å²) < 4.78 is 27.3. The molecule has 21 heavy (non-hydrogen) atoms. The molecule has 0 saturated carbocycles. The van der Waals surface area contributed by atoms with Crippen LogP contribution in [0, 0.1) is 6.92 Å². The first-order valence-corrected chi connectivity index (χ1v) is 9.10. The molecule has 116 valence electrons. The molecule has 3 N–H and O–H groups in total. The third-order valence-electron chi connectivity index (χ3n) is 3.05. The largest absolute Gasteiger partial charge is 0.363 e. The Hall–Kier alpha value is -1.15. The molecule has 0 aromatic carbocycles. The third-order valence-corrected chi connectivity index (χ3v) is 5.65. The molecule has 0 saturated heterocycles. The standard InChI is InChI=1S/C14H21N3O2S2/c1-10(6-13-5-4-11(2)20-13)17-21(18,19)14-7-12(8-15-3)16-9-14/h4-5,7,9-10,15-17H,6,8H2,1-3H3. The number of H-pyrrole nitrogens is 1. The zero-order chi connectivity index (χ0) is 15.5. The Morgan fingerprint density at radius 2 is 2.14 bits per heavy atom. The Balaban J connectivity index is 2.02. The summed E-state index contributed by atoms with van der Waals surface area (Å²) in [7, 11) is -1.66. The van der Waals surface area contributed by atoms with Crippen LogP contribution in [-0.2, 0) is 23.0 Å². The summed E-state index contributed by atoms with van der Waals surface area (Å²) in [6.45, 7) is 4.54. The third kappa shape index (κ3) is 4.41. The molecule has 0 bridgehead atoms. The number of aryl methyl sites for hydroxylation is 1. The number of sulfonamides is 1. The highest BCUT2D eigenvalue weighted by atomic mass is 32.2. The van der Waals surface area contributed by atoms with Crippen molar-refractivity contribution in [2.75, 3.05) is 7.05 Å². The quantitative estimate of drug-likeness (QED) is 0.728. The second-order valence-corrected chi connectivity index (χ2v) is 8.22. The summed E-state index contributed by atoms with van der Waals surface area (Å²) in [6.07, 6.45) is 2.22. The van der Waals surface area contributed by atoms with Crippen molar-refractivity contribution in [1.29, 1.82) is 0 Å². The number of nitrogens with one attached hydrogen (secondary N) is 3. The molecule has 7 heteroatoms. The molecule has 2 aromatic heterocycles. The molecule has 0 radical (unpaired) electrons. The van der Waals surface area contributed by atoms with Gasteiger partial charge in [0, 0.05) is 34.2 Å². The molecule has 5 nitrogen and oxygen atoms in total. The van der Waals surface area contributed by atoms with Gasteiger partial charge in [-0.25, -0.2) is 13.1 Å². The van der Waals surface area contributed by atoms with Gasteiger partial charge in [0.15, 0.2) is 0 Å². The fraction of sp³-hybridized carbons (Fsp3) is 0.429. The van der Waals surface area contributed by atoms with Crippen molar-refractivity contribution in [2.45, 2.75) is 37.8 Å². The predicted molar refractivity (Wildman–Crippen MR) is 86.1 cm³/mol. The summed E-state index contributed by atoms with van der Waals surface area (Å²) in [5.74, 6) is 0. The van der Waals surface area contributed by atoms with Crippen LogP contribution in [0.2, 0.25) is 0 Å². The Labute approximate surface area is 129 Å². The van der Waals surface area contributed by atoms with E-state index in [-0.39, 0.29) is 10.9 Å². The first-order chi connectivity index (χ1) is 9.90. The van der Waals surface area contributed by atoms with Gasteiger partial charge in [-0.3, -0.25) is 0 Å². The molecule has 0 spiro atoms. The lowest BCUT2D eigenvalue weighted by Gasteiger charge is -2.12. The highest BCUT2D eigenvalue weighted by Gasteiger charge is 2.19. The van der Waals surface area contributed by atoms with Gasteiger partial charge in [0.1, 0.15) is 0 Å². The van der Waals surface area contributed by atoms with Crippen molar-refractivity contribution in [1.82, 2.24) is 15.0 Å². The summed E-state index contributed by atoms with van der Waals surface area (Å²) in [4.78, 5) is 5.67. The maximum atomic E-state index is 12.3. The number of aromatic nitrogens is 1. The Bertz CT molecular complexity index is 689. The summed E-state index contributed by atoms with van der Waals surface area (Å²) in [5, 5.41) is 2.98. The van der Waals surface area contributed by atoms with E-state index in [1.54, 1.807) is 17.4 Å². The van der Waals surface area contributed by atoms with Crippen LogP contribution >= 0.6 is 11.3 Å². The van der Waals surface area contributed by atoms with Gasteiger partial charge in [0.25, 0.3) is 0 Å². The van der Waals surface area contributed by atoms with Gasteiger partial charge in [0.05, 0.1) is 4.90 Å². The van der Waals surface area contributed by atoms with Crippen molar-refractivity contribution < 1.29 is 8.42 Å². The highest BCUT2D eigenvalue weighted by molar-refractivity contribution is 7.89. The maximum Gasteiger partial charge on any atom is 0.242 e. The zero-order valence-electron chi connectivity index (χ0n) is 12.4. The van der Waals surface area contributed by atoms with Crippen molar-refractivity contribution in [2.24, 2.45) is 0 Å². The lowest BCUT2D eigenvalue weighted by atomic mass is 10.2. The van der Waals surface area contributed by atoms with Crippen molar-refractivity contribution in [3.63, 3.8) is 0 Å². The highest BCUT2D eigenvalue weighted by Crippen LogP contribution is 2.18. The minimum Gasteiger partial charge on any atom is -0.363 e. The average Bonchev–Trinajstić information content (AvgIpc) is 2.99. The maximum absolute atomic E-state index is 12.3. The molecule has 1 unspecified atom stereocenters. The lowest BCUT2D eigenvalue weighted by Crippen LogP contribution is -2.33. The second kappa shape index (κ2) is 6.74. The molecule has 0 aliphatic rings. The number of hydrogen-bond acceptors (Lipinski definition) is 4. The number of hydrogen-bond donors (Lipinski definition) is 3. The van der Waals surface area contributed by atoms with Crippen molar-refractivity contribution in [3.05, 3.63) is 39.8 Å². The molecule has 2 heterocycles. The molecule has 0 amide bonds. The van der Waals surface area contributed by atoms with Gasteiger partial charge in [-0.15, -0.1) is 11.3 Å². The van der Waals surface area contributed by atoms with Crippen LogP contribution in [0.5, 0.6) is 0 Å². The van der Waals surface area contributed by atoms with Crippen LogP contribution < -0.4 is 10.0 Å². The second-order valence-electron chi connectivity index (χ2n) is 5.13. The van der Waals surface area contributed by atoms with Gasteiger partial charge in [-0.05, 0) is 45.5 Å². The van der Waals surface area contributed by atoms with Crippen molar-refractivity contribution >= 4 is 21.4 Å². The minimum atomic E-state index is -3.47. The van der Waals surface area contributed by atoms with Crippen LogP contribution in [0.15, 0.2) is 29.3 Å². The zero-order valence-corrected chi connectivity index (χ0v) is 14.1. The van der Waals surface area contributed by atoms with Crippen LogP contribution in [0.3, 0.4) is 0 Å². The van der Waals surface area contributed by atoms with E-state index in [0.29, 0.717) is 13.0 Å². The Morgan fingerprint density at radius 3 is 2.76 bits per heavy atom. The van der Waals surface area contributed by atoms with E-state index in [1.165, 1.54) is 16.0 Å². The predicted octanol–water partition coefficient (Wildman–Crippen LogP) is 2.01. The topological polar surface area (TPSA) is 74.0 Å². The van der Waals surface area contributed by atoms with Gasteiger partial charge in [0.2, 0.25) is 10.0 Å². The van der Waals surface area contributed by atoms with E-state index < -0.39 is 10.0 Å². The van der Waals surface area contributed by atoms with E-state index in [0.717, 1.165) is 5.69 Å². The molecular formula is C14H21N3O2S2. The van der Waals surface area contributed by atoms with E-state index in [2.05, 4.69) is 21.1 Å². The normalized spacial score (nSPS) is 13.5. The molecule has 0 aliphatic heterocycles. The first-order valence-electron chi connectivity index (χ1n) is 6.80. The fourth-order valence-corrected chi connectivity index (χ4v) is 4.42. The molecular weight excluding hydrogens is 306 g/mol. The van der Waals surface area contributed by atoms with E-state index in [4.69, 9.17) is 0 Å². The average molecular weight is 327 g/mol. The Morgan fingerprint density at radius 1 is 1.38 bits per heavy atom. The molecule has 2 aromatic rings. The Kier molecular flexibility index (Phi) is 5.21. The SMILES string of the molecule is CNCc1cc(S(=O)(=O)NC(C)Cc2ccc(C)s2)c[nH]1. The molecule has 1 atom stereocenters. The summed E-state index contributed by atoms with van der Waals surface area (Å²) in [6, 6.07) is 5.61. The van der Waals surface area contributed by atoms with Gasteiger partial charge >= 0.3 is 0 Å². The monoisotopic (exact) mass is 327 g/mol. The smallest absolute Gasteiger partial charge is 0.242 e. The minimum absolute atomic E-state index is 0.143. The van der Waals surface area contributed by atoms with E-state index in [1.807, 2.05) is 27.0 Å². The first kappa shape index (κ1) is 16.2. The summed E-state index contributed by atoms with van der Waals surface area (Å²) >= 11 is 1.70. The lowest BCUT2D eigenvalue weighted by molar-refractivity contribution is 0.561. The molecule has 0 fully saturated rings. The van der Waals surface area contributed by atoms with Gasteiger partial charge in [-0.1, -0.05) is 0 Å². The van der Waals surface area contributed by atoms with Gasteiger partial charge < -0.3 is 10.3 Å². The number of rotatable bonds is 7. The molecule has 0 aliphatic carbocycles. The van der Waals surface area contributed by atoms with Crippen LogP contribution in [0.4, 0.5) is 0 Å².